The van der Waals surface area contributed by atoms with Gasteiger partial charge >= 0.3 is 0 Å². The van der Waals surface area contributed by atoms with Crippen molar-refractivity contribution >= 4 is 8.32 Å². The van der Waals surface area contributed by atoms with Crippen LogP contribution in [-0.4, -0.2) is 14.9 Å². The second-order valence-electron chi connectivity index (χ2n) is 9.76. The summed E-state index contributed by atoms with van der Waals surface area (Å²) in [5.74, 6) is 1.19. The van der Waals surface area contributed by atoms with Crippen molar-refractivity contribution in [1.29, 1.82) is 0 Å². The summed E-state index contributed by atoms with van der Waals surface area (Å²) in [4.78, 5) is 0. The summed E-state index contributed by atoms with van der Waals surface area (Å²) in [6, 6.07) is 22.0. The van der Waals surface area contributed by atoms with Crippen molar-refractivity contribution in [3.8, 4) is 0 Å². The molecule has 0 aliphatic rings. The highest BCUT2D eigenvalue weighted by Crippen LogP contribution is 2.37. The lowest BCUT2D eigenvalue weighted by Crippen LogP contribution is -2.40. The van der Waals surface area contributed by atoms with E-state index in [1.54, 1.807) is 0 Å². The van der Waals surface area contributed by atoms with E-state index < -0.39 is 8.32 Å². The molecule has 2 aromatic carbocycles. The third-order valence-electron chi connectivity index (χ3n) is 6.49. The molecule has 0 saturated carbocycles. The van der Waals surface area contributed by atoms with Gasteiger partial charge in [-0.2, -0.15) is 0 Å². The van der Waals surface area contributed by atoms with Gasteiger partial charge in [-0.25, -0.2) is 0 Å². The molecule has 1 nitrogen and oxygen atoms in total. The maximum atomic E-state index is 6.37. The molecule has 0 aliphatic heterocycles. The quantitative estimate of drug-likeness (QED) is 0.291. The number of hydrogen-bond donors (Lipinski definition) is 0. The van der Waals surface area contributed by atoms with Gasteiger partial charge in [0.05, 0.1) is 0 Å². The van der Waals surface area contributed by atoms with E-state index in [9.17, 15) is 0 Å². The fourth-order valence-electron chi connectivity index (χ4n) is 3.53. The first-order valence-corrected chi connectivity index (χ1v) is 13.9. The molecule has 0 bridgehead atoms. The van der Waals surface area contributed by atoms with Crippen LogP contribution in [0, 0.1) is 0 Å². The molecule has 0 spiro atoms. The van der Waals surface area contributed by atoms with Crippen molar-refractivity contribution in [2.24, 2.45) is 0 Å². The first kappa shape index (κ1) is 22.9. The van der Waals surface area contributed by atoms with Crippen LogP contribution in [0.1, 0.15) is 76.3 Å². The lowest BCUT2D eigenvalue weighted by Gasteiger charge is -2.36. The van der Waals surface area contributed by atoms with Gasteiger partial charge in [-0.1, -0.05) is 94.8 Å². The molecule has 2 rings (SSSR count). The summed E-state index contributed by atoms with van der Waals surface area (Å²) < 4.78 is 6.37. The van der Waals surface area contributed by atoms with E-state index in [1.807, 2.05) is 0 Å². The normalized spacial score (nSPS) is 14.6. The average molecular weight is 397 g/mol. The third-order valence-corrected chi connectivity index (χ3v) is 11.0. The highest BCUT2D eigenvalue weighted by atomic mass is 28.4. The van der Waals surface area contributed by atoms with Gasteiger partial charge in [-0.15, -0.1) is 0 Å². The van der Waals surface area contributed by atoms with Crippen LogP contribution < -0.4 is 0 Å². The van der Waals surface area contributed by atoms with Crippen molar-refractivity contribution in [2.45, 2.75) is 83.3 Å². The number of hydrogen-bond acceptors (Lipinski definition) is 1. The lowest BCUT2D eigenvalue weighted by molar-refractivity contribution is 0.275. The Bertz CT molecular complexity index is 673. The lowest BCUT2D eigenvalue weighted by atomic mass is 9.83. The molecule has 2 aromatic rings. The highest BCUT2D eigenvalue weighted by Gasteiger charge is 2.36. The van der Waals surface area contributed by atoms with E-state index in [4.69, 9.17) is 4.43 Å². The third kappa shape index (κ3) is 6.90. The van der Waals surface area contributed by atoms with Gasteiger partial charge in [0.2, 0.25) is 0 Å². The van der Waals surface area contributed by atoms with E-state index in [-0.39, 0.29) is 0 Å². The van der Waals surface area contributed by atoms with Crippen molar-refractivity contribution < 1.29 is 4.43 Å². The smallest absolute Gasteiger partial charge is 0.191 e. The van der Waals surface area contributed by atoms with Crippen molar-refractivity contribution in [2.75, 3.05) is 6.61 Å². The minimum atomic E-state index is -1.62. The van der Waals surface area contributed by atoms with Crippen molar-refractivity contribution in [3.05, 3.63) is 71.8 Å². The standard InChI is InChI=1S/C26H40OSi/c1-22(23-15-9-7-10-16-23)21-25(24-17-11-8-12-18-24)19-13-14-20-27-28(5,6)26(2,3)4/h7-12,15-18,22,25H,13-14,19-21H2,1-6H3. The zero-order valence-corrected chi connectivity index (χ0v) is 19.9. The number of rotatable bonds is 10. The number of unbranched alkanes of at least 4 members (excludes halogenated alkanes) is 1. The SMILES string of the molecule is CC(CC(CCCCO[Si](C)(C)C(C)(C)C)c1ccccc1)c1ccccc1. The first-order valence-electron chi connectivity index (χ1n) is 10.9. The second kappa shape index (κ2) is 10.4. The van der Waals surface area contributed by atoms with E-state index >= 15 is 0 Å². The zero-order valence-electron chi connectivity index (χ0n) is 18.9. The second-order valence-corrected chi connectivity index (χ2v) is 14.6. The van der Waals surface area contributed by atoms with Crippen molar-refractivity contribution in [3.63, 3.8) is 0 Å². The first-order chi connectivity index (χ1) is 13.2. The Kier molecular flexibility index (Phi) is 8.51. The Balaban J connectivity index is 1.90. The Morgan fingerprint density at radius 3 is 1.89 bits per heavy atom. The maximum absolute atomic E-state index is 6.37. The molecule has 0 radical (unpaired) electrons. The molecule has 0 aromatic heterocycles. The molecule has 0 fully saturated rings. The van der Waals surface area contributed by atoms with Gasteiger partial charge in [-0.05, 0) is 60.4 Å². The number of benzene rings is 2. The Labute approximate surface area is 174 Å². The molecule has 2 unspecified atom stereocenters. The van der Waals surface area contributed by atoms with E-state index in [0.717, 1.165) is 13.0 Å². The van der Waals surface area contributed by atoms with E-state index in [2.05, 4.69) is 101 Å². The van der Waals surface area contributed by atoms with Gasteiger partial charge in [0.1, 0.15) is 0 Å². The fourth-order valence-corrected chi connectivity index (χ4v) is 4.61. The molecule has 0 saturated heterocycles. The predicted molar refractivity (Wildman–Crippen MR) is 126 cm³/mol. The Morgan fingerprint density at radius 1 is 0.821 bits per heavy atom. The fraction of sp³-hybridized carbons (Fsp3) is 0.538. The molecule has 2 heteroatoms. The van der Waals surface area contributed by atoms with Crippen LogP contribution in [0.4, 0.5) is 0 Å². The highest BCUT2D eigenvalue weighted by molar-refractivity contribution is 6.74. The van der Waals surface area contributed by atoms with Crippen LogP contribution in [-0.2, 0) is 4.43 Å². The maximum Gasteiger partial charge on any atom is 0.191 e. The summed E-state index contributed by atoms with van der Waals surface area (Å²) in [5, 5.41) is 0.296. The van der Waals surface area contributed by atoms with Crippen LogP contribution in [0.15, 0.2) is 60.7 Å². The molecular formula is C26H40OSi. The molecule has 154 valence electrons. The zero-order chi connectivity index (χ0) is 20.6. The van der Waals surface area contributed by atoms with Crippen LogP contribution in [0.3, 0.4) is 0 Å². The van der Waals surface area contributed by atoms with Gasteiger partial charge in [0.25, 0.3) is 0 Å². The van der Waals surface area contributed by atoms with E-state index in [0.29, 0.717) is 16.9 Å². The predicted octanol–water partition coefficient (Wildman–Crippen LogP) is 8.16. The molecule has 2 atom stereocenters. The van der Waals surface area contributed by atoms with Crippen LogP contribution in [0.5, 0.6) is 0 Å². The van der Waals surface area contributed by atoms with Crippen molar-refractivity contribution in [1.82, 2.24) is 0 Å². The average Bonchev–Trinajstić information content (AvgIpc) is 2.67. The molecule has 0 heterocycles. The minimum Gasteiger partial charge on any atom is -0.417 e. The van der Waals surface area contributed by atoms with Gasteiger partial charge in [0, 0.05) is 6.61 Å². The van der Waals surface area contributed by atoms with Crippen LogP contribution in [0.25, 0.3) is 0 Å². The summed E-state index contributed by atoms with van der Waals surface area (Å²) in [5.41, 5.74) is 2.93. The Morgan fingerprint density at radius 2 is 1.36 bits per heavy atom. The molecular weight excluding hydrogens is 356 g/mol. The van der Waals surface area contributed by atoms with Crippen LogP contribution >= 0.6 is 0 Å². The largest absolute Gasteiger partial charge is 0.417 e. The topological polar surface area (TPSA) is 9.23 Å². The minimum absolute atomic E-state index is 0.296. The summed E-state index contributed by atoms with van der Waals surface area (Å²) in [6.45, 7) is 14.9. The van der Waals surface area contributed by atoms with Gasteiger partial charge in [0.15, 0.2) is 8.32 Å². The summed E-state index contributed by atoms with van der Waals surface area (Å²) in [7, 11) is -1.62. The molecule has 0 amide bonds. The molecule has 0 N–H and O–H groups in total. The van der Waals surface area contributed by atoms with Crippen LogP contribution in [0.2, 0.25) is 18.1 Å². The Hall–Kier alpha value is -1.38. The monoisotopic (exact) mass is 396 g/mol. The van der Waals surface area contributed by atoms with Gasteiger partial charge in [-0.3, -0.25) is 0 Å². The van der Waals surface area contributed by atoms with E-state index in [1.165, 1.54) is 30.4 Å². The van der Waals surface area contributed by atoms with Gasteiger partial charge < -0.3 is 4.43 Å². The summed E-state index contributed by atoms with van der Waals surface area (Å²) in [6.07, 6.45) is 4.84. The molecule has 28 heavy (non-hydrogen) atoms. The molecule has 0 aliphatic carbocycles. The summed E-state index contributed by atoms with van der Waals surface area (Å²) >= 11 is 0.